The molecule has 1 amide bonds. The highest BCUT2D eigenvalue weighted by Gasteiger charge is 2.33. The Kier molecular flexibility index (Phi) is 5.73. The molecule has 2 aromatic rings. The van der Waals surface area contributed by atoms with Crippen molar-refractivity contribution in [3.05, 3.63) is 49.6 Å². The van der Waals surface area contributed by atoms with Gasteiger partial charge in [0.1, 0.15) is 4.90 Å². The summed E-state index contributed by atoms with van der Waals surface area (Å²) in [7, 11) is -3.81. The van der Waals surface area contributed by atoms with Crippen molar-refractivity contribution in [3.63, 3.8) is 0 Å². The Balaban J connectivity index is 1.47. The SMILES string of the molecule is O=C(c1cc2c(s1)CCCC2)N1CCN(S(=O)(=O)c2c(Cl)cccc2Cl)CC1. The molecule has 9 heteroatoms. The maximum atomic E-state index is 13.0. The van der Waals surface area contributed by atoms with Crippen molar-refractivity contribution in [1.29, 1.82) is 0 Å². The maximum Gasteiger partial charge on any atom is 0.264 e. The maximum absolute atomic E-state index is 13.0. The lowest BCUT2D eigenvalue weighted by atomic mass is 9.99. The molecule has 1 saturated heterocycles. The number of carbonyl (C=O) groups excluding carboxylic acids is 1. The van der Waals surface area contributed by atoms with E-state index >= 15 is 0 Å². The zero-order valence-corrected chi connectivity index (χ0v) is 18.3. The Morgan fingerprint density at radius 2 is 1.64 bits per heavy atom. The lowest BCUT2D eigenvalue weighted by molar-refractivity contribution is 0.0702. The van der Waals surface area contributed by atoms with Gasteiger partial charge in [0.05, 0.1) is 14.9 Å². The van der Waals surface area contributed by atoms with Gasteiger partial charge in [0, 0.05) is 31.1 Å². The van der Waals surface area contributed by atoms with E-state index in [0.29, 0.717) is 13.1 Å². The fourth-order valence-electron chi connectivity index (χ4n) is 3.74. The number of thiophene rings is 1. The fourth-order valence-corrected chi connectivity index (χ4v) is 7.48. The standard InChI is InChI=1S/C19H20Cl2N2O3S2/c20-14-5-3-6-15(21)18(14)28(25,26)23-10-8-22(9-11-23)19(24)17-12-13-4-1-2-7-16(13)27-17/h3,5-6,12H,1-2,4,7-11H2. The van der Waals surface area contributed by atoms with Crippen LogP contribution in [0.2, 0.25) is 10.0 Å². The van der Waals surface area contributed by atoms with Crippen LogP contribution >= 0.6 is 34.5 Å². The predicted octanol–water partition coefficient (Wildman–Crippen LogP) is 4.08. The van der Waals surface area contributed by atoms with E-state index in [1.807, 2.05) is 6.07 Å². The summed E-state index contributed by atoms with van der Waals surface area (Å²) in [4.78, 5) is 16.6. The monoisotopic (exact) mass is 458 g/mol. The van der Waals surface area contributed by atoms with E-state index in [-0.39, 0.29) is 33.9 Å². The van der Waals surface area contributed by atoms with Gasteiger partial charge in [-0.25, -0.2) is 8.42 Å². The number of amides is 1. The lowest BCUT2D eigenvalue weighted by Gasteiger charge is -2.34. The van der Waals surface area contributed by atoms with Crippen LogP contribution in [-0.2, 0) is 22.9 Å². The molecule has 0 bridgehead atoms. The second kappa shape index (κ2) is 7.95. The van der Waals surface area contributed by atoms with Crippen molar-refractivity contribution in [1.82, 2.24) is 9.21 Å². The highest BCUT2D eigenvalue weighted by Crippen LogP contribution is 2.33. The third-order valence-electron chi connectivity index (χ3n) is 5.25. The van der Waals surface area contributed by atoms with Gasteiger partial charge < -0.3 is 4.90 Å². The Bertz CT molecular complexity index is 968. The van der Waals surface area contributed by atoms with E-state index in [0.717, 1.165) is 17.7 Å². The smallest absolute Gasteiger partial charge is 0.264 e. The molecule has 0 spiro atoms. The molecule has 4 rings (SSSR count). The van der Waals surface area contributed by atoms with Gasteiger partial charge in [-0.15, -0.1) is 11.3 Å². The van der Waals surface area contributed by atoms with E-state index in [9.17, 15) is 13.2 Å². The average molecular weight is 459 g/mol. The molecule has 1 aromatic carbocycles. The molecule has 0 saturated carbocycles. The highest BCUT2D eigenvalue weighted by atomic mass is 35.5. The van der Waals surface area contributed by atoms with Gasteiger partial charge in [0.25, 0.3) is 5.91 Å². The molecule has 150 valence electrons. The average Bonchev–Trinajstić information content (AvgIpc) is 3.11. The zero-order valence-electron chi connectivity index (χ0n) is 15.2. The molecule has 28 heavy (non-hydrogen) atoms. The van der Waals surface area contributed by atoms with E-state index < -0.39 is 10.0 Å². The van der Waals surface area contributed by atoms with Crippen LogP contribution in [0.5, 0.6) is 0 Å². The summed E-state index contributed by atoms with van der Waals surface area (Å²) in [5, 5.41) is 0.213. The second-order valence-electron chi connectivity index (χ2n) is 7.01. The number of aryl methyl sites for hydroxylation is 2. The molecule has 0 radical (unpaired) electrons. The topological polar surface area (TPSA) is 57.7 Å². The number of carbonyl (C=O) groups is 1. The third-order valence-corrected chi connectivity index (χ3v) is 9.33. The van der Waals surface area contributed by atoms with Crippen molar-refractivity contribution in [2.24, 2.45) is 0 Å². The van der Waals surface area contributed by atoms with Crippen molar-refractivity contribution in [3.8, 4) is 0 Å². The quantitative estimate of drug-likeness (QED) is 0.695. The highest BCUT2D eigenvalue weighted by molar-refractivity contribution is 7.89. The molecule has 1 aliphatic heterocycles. The summed E-state index contributed by atoms with van der Waals surface area (Å²) in [5.41, 5.74) is 1.30. The van der Waals surface area contributed by atoms with Crippen molar-refractivity contribution in [2.45, 2.75) is 30.6 Å². The Labute approximate surface area is 178 Å². The second-order valence-corrected chi connectivity index (χ2v) is 10.8. The van der Waals surface area contributed by atoms with Crippen LogP contribution in [0.15, 0.2) is 29.2 Å². The van der Waals surface area contributed by atoms with Crippen LogP contribution < -0.4 is 0 Å². The van der Waals surface area contributed by atoms with Gasteiger partial charge in [-0.3, -0.25) is 4.79 Å². The summed E-state index contributed by atoms with van der Waals surface area (Å²) in [6.07, 6.45) is 4.46. The molecule has 1 aromatic heterocycles. The van der Waals surface area contributed by atoms with Crippen LogP contribution in [0, 0.1) is 0 Å². The zero-order chi connectivity index (χ0) is 19.9. The van der Waals surface area contributed by atoms with E-state index in [1.165, 1.54) is 39.7 Å². The first-order chi connectivity index (χ1) is 13.4. The molecule has 0 atom stereocenters. The van der Waals surface area contributed by atoms with Gasteiger partial charge >= 0.3 is 0 Å². The fraction of sp³-hybridized carbons (Fsp3) is 0.421. The minimum absolute atomic E-state index is 0.00720. The molecule has 5 nitrogen and oxygen atoms in total. The molecule has 0 unspecified atom stereocenters. The summed E-state index contributed by atoms with van der Waals surface area (Å²) in [5.74, 6) is -0.00720. The Hall–Kier alpha value is -1.12. The molecule has 2 aliphatic rings. The van der Waals surface area contributed by atoms with Crippen molar-refractivity contribution < 1.29 is 13.2 Å². The number of nitrogens with zero attached hydrogens (tertiary/aromatic N) is 2. The van der Waals surface area contributed by atoms with Gasteiger partial charge in [-0.1, -0.05) is 29.3 Å². The van der Waals surface area contributed by atoms with Crippen LogP contribution in [0.4, 0.5) is 0 Å². The van der Waals surface area contributed by atoms with Crippen LogP contribution in [0.3, 0.4) is 0 Å². The summed E-state index contributed by atoms with van der Waals surface area (Å²) in [6.45, 7) is 1.15. The third kappa shape index (κ3) is 3.71. The summed E-state index contributed by atoms with van der Waals surface area (Å²) < 4.78 is 27.3. The van der Waals surface area contributed by atoms with E-state index in [1.54, 1.807) is 22.3 Å². The number of hydrogen-bond acceptors (Lipinski definition) is 4. The van der Waals surface area contributed by atoms with Gasteiger partial charge in [0.2, 0.25) is 10.0 Å². The molecule has 1 fully saturated rings. The van der Waals surface area contributed by atoms with Crippen LogP contribution in [0.1, 0.15) is 33.0 Å². The molecular weight excluding hydrogens is 439 g/mol. The minimum atomic E-state index is -3.81. The van der Waals surface area contributed by atoms with Crippen LogP contribution in [0.25, 0.3) is 0 Å². The van der Waals surface area contributed by atoms with Crippen molar-refractivity contribution in [2.75, 3.05) is 26.2 Å². The summed E-state index contributed by atoms with van der Waals surface area (Å²) in [6, 6.07) is 6.66. The Morgan fingerprint density at radius 3 is 2.29 bits per heavy atom. The number of hydrogen-bond donors (Lipinski definition) is 0. The van der Waals surface area contributed by atoms with Crippen molar-refractivity contribution >= 4 is 50.5 Å². The molecule has 2 heterocycles. The van der Waals surface area contributed by atoms with E-state index in [2.05, 4.69) is 0 Å². The van der Waals surface area contributed by atoms with Crippen LogP contribution in [-0.4, -0.2) is 49.7 Å². The largest absolute Gasteiger partial charge is 0.335 e. The lowest BCUT2D eigenvalue weighted by Crippen LogP contribution is -2.50. The number of fused-ring (bicyclic) bond motifs is 1. The number of benzene rings is 1. The normalized spacial score (nSPS) is 18.1. The molecular formula is C19H20Cl2N2O3S2. The first-order valence-corrected chi connectivity index (χ1v) is 12.2. The minimum Gasteiger partial charge on any atom is -0.335 e. The number of halogens is 2. The van der Waals surface area contributed by atoms with Gasteiger partial charge in [-0.2, -0.15) is 4.31 Å². The summed E-state index contributed by atoms with van der Waals surface area (Å²) >= 11 is 13.8. The number of piperazine rings is 1. The first-order valence-electron chi connectivity index (χ1n) is 9.23. The number of rotatable bonds is 3. The van der Waals surface area contributed by atoms with Gasteiger partial charge in [-0.05, 0) is 49.4 Å². The first kappa shape index (κ1) is 20.2. The Morgan fingerprint density at radius 1 is 1.00 bits per heavy atom. The molecule has 1 aliphatic carbocycles. The number of sulfonamides is 1. The molecule has 0 N–H and O–H groups in total. The van der Waals surface area contributed by atoms with E-state index in [4.69, 9.17) is 23.2 Å². The van der Waals surface area contributed by atoms with Gasteiger partial charge in [0.15, 0.2) is 0 Å². The predicted molar refractivity (Wildman–Crippen MR) is 112 cm³/mol.